The van der Waals surface area contributed by atoms with Crippen molar-refractivity contribution in [3.63, 3.8) is 0 Å². The topological polar surface area (TPSA) is 30.0 Å². The zero-order chi connectivity index (χ0) is 10.1. The molecule has 1 heterocycles. The highest BCUT2D eigenvalue weighted by Gasteiger charge is 2.03. The maximum Gasteiger partial charge on any atom is 0.151 e. The molecule has 0 amide bonds. The van der Waals surface area contributed by atoms with E-state index in [0.717, 1.165) is 22.8 Å². The van der Waals surface area contributed by atoms with E-state index in [-0.39, 0.29) is 0 Å². The van der Waals surface area contributed by atoms with Crippen molar-refractivity contribution in [3.05, 3.63) is 41.1 Å². The summed E-state index contributed by atoms with van der Waals surface area (Å²) in [6.45, 7) is 3.98. The summed E-state index contributed by atoms with van der Waals surface area (Å²) in [4.78, 5) is 14.9. The number of aryl methyl sites for hydroxylation is 2. The molecule has 0 saturated heterocycles. The predicted octanol–water partition coefficient (Wildman–Crippen LogP) is 2.66. The molecule has 0 aliphatic carbocycles. The molecule has 2 aromatic rings. The number of carbonyl (C=O) groups excluding carboxylic acids is 1. The van der Waals surface area contributed by atoms with E-state index in [1.807, 2.05) is 32.0 Å². The fourth-order valence-electron chi connectivity index (χ4n) is 1.58. The second-order valence-corrected chi connectivity index (χ2v) is 3.48. The fourth-order valence-corrected chi connectivity index (χ4v) is 1.58. The zero-order valence-electron chi connectivity index (χ0n) is 8.24. The standard InChI is InChI=1S/C12H11NO/c1-8-3-4-11-9(2)10(7-14)6-13-12(11)5-8/h3-7H,1-2H3. The molecule has 1 aromatic heterocycles. The van der Waals surface area contributed by atoms with Gasteiger partial charge in [-0.05, 0) is 31.0 Å². The van der Waals surface area contributed by atoms with Crippen LogP contribution in [0.4, 0.5) is 0 Å². The summed E-state index contributed by atoms with van der Waals surface area (Å²) in [6.07, 6.45) is 2.48. The number of carbonyl (C=O) groups is 1. The molecular weight excluding hydrogens is 174 g/mol. The maximum absolute atomic E-state index is 10.7. The Morgan fingerprint density at radius 2 is 2.07 bits per heavy atom. The SMILES string of the molecule is Cc1ccc2c(C)c(C=O)cnc2c1. The first kappa shape index (κ1) is 8.88. The molecule has 2 rings (SSSR count). The van der Waals surface area contributed by atoms with Gasteiger partial charge in [-0.3, -0.25) is 9.78 Å². The van der Waals surface area contributed by atoms with E-state index in [2.05, 4.69) is 4.98 Å². The average molecular weight is 185 g/mol. The van der Waals surface area contributed by atoms with Crippen molar-refractivity contribution in [2.75, 3.05) is 0 Å². The highest BCUT2D eigenvalue weighted by molar-refractivity contribution is 5.90. The minimum atomic E-state index is 0.668. The first-order valence-corrected chi connectivity index (χ1v) is 4.53. The van der Waals surface area contributed by atoms with Crippen LogP contribution in [0.15, 0.2) is 24.4 Å². The Balaban J connectivity index is 2.83. The number of hydrogen-bond donors (Lipinski definition) is 0. The monoisotopic (exact) mass is 185 g/mol. The molecule has 0 N–H and O–H groups in total. The lowest BCUT2D eigenvalue weighted by Gasteiger charge is -2.04. The molecule has 14 heavy (non-hydrogen) atoms. The Labute approximate surface area is 82.6 Å². The third-order valence-corrected chi connectivity index (χ3v) is 2.46. The Hall–Kier alpha value is -1.70. The van der Waals surface area contributed by atoms with Gasteiger partial charge in [0, 0.05) is 17.1 Å². The molecule has 0 aliphatic heterocycles. The summed E-state index contributed by atoms with van der Waals surface area (Å²) in [5.41, 5.74) is 3.81. The number of aldehydes is 1. The smallest absolute Gasteiger partial charge is 0.151 e. The summed E-state index contributed by atoms with van der Waals surface area (Å²) >= 11 is 0. The molecular formula is C12H11NO. The molecule has 0 aliphatic rings. The van der Waals surface area contributed by atoms with Crippen molar-refractivity contribution in [3.8, 4) is 0 Å². The number of pyridine rings is 1. The number of hydrogen-bond acceptors (Lipinski definition) is 2. The van der Waals surface area contributed by atoms with Crippen molar-refractivity contribution >= 4 is 17.2 Å². The largest absolute Gasteiger partial charge is 0.298 e. The van der Waals surface area contributed by atoms with Crippen molar-refractivity contribution in [2.24, 2.45) is 0 Å². The van der Waals surface area contributed by atoms with Gasteiger partial charge in [-0.15, -0.1) is 0 Å². The van der Waals surface area contributed by atoms with Gasteiger partial charge in [-0.1, -0.05) is 12.1 Å². The molecule has 1 aromatic carbocycles. The highest BCUT2D eigenvalue weighted by atomic mass is 16.1. The van der Waals surface area contributed by atoms with E-state index >= 15 is 0 Å². The normalized spacial score (nSPS) is 10.4. The van der Waals surface area contributed by atoms with Crippen LogP contribution in [0.1, 0.15) is 21.5 Å². The first-order valence-electron chi connectivity index (χ1n) is 4.53. The van der Waals surface area contributed by atoms with E-state index < -0.39 is 0 Å². The number of nitrogens with zero attached hydrogens (tertiary/aromatic N) is 1. The van der Waals surface area contributed by atoms with Gasteiger partial charge in [-0.25, -0.2) is 0 Å². The summed E-state index contributed by atoms with van der Waals surface area (Å²) in [5, 5.41) is 1.06. The van der Waals surface area contributed by atoms with Crippen LogP contribution >= 0.6 is 0 Å². The molecule has 0 saturated carbocycles. The van der Waals surface area contributed by atoms with Gasteiger partial charge in [-0.2, -0.15) is 0 Å². The Bertz CT molecular complexity index is 503. The maximum atomic E-state index is 10.7. The molecule has 70 valence electrons. The van der Waals surface area contributed by atoms with Crippen molar-refractivity contribution < 1.29 is 4.79 Å². The second kappa shape index (κ2) is 3.22. The Morgan fingerprint density at radius 3 is 2.79 bits per heavy atom. The van der Waals surface area contributed by atoms with Crippen LogP contribution in [0.5, 0.6) is 0 Å². The van der Waals surface area contributed by atoms with Crippen LogP contribution < -0.4 is 0 Å². The van der Waals surface area contributed by atoms with Crippen LogP contribution in [0.2, 0.25) is 0 Å². The van der Waals surface area contributed by atoms with E-state index in [0.29, 0.717) is 5.56 Å². The van der Waals surface area contributed by atoms with E-state index in [9.17, 15) is 4.79 Å². The lowest BCUT2D eigenvalue weighted by Crippen LogP contribution is -1.91. The van der Waals surface area contributed by atoms with Crippen molar-refractivity contribution in [1.29, 1.82) is 0 Å². The van der Waals surface area contributed by atoms with Gasteiger partial charge in [0.15, 0.2) is 6.29 Å². The second-order valence-electron chi connectivity index (χ2n) is 3.48. The average Bonchev–Trinajstić information content (AvgIpc) is 2.18. The third kappa shape index (κ3) is 1.29. The predicted molar refractivity (Wildman–Crippen MR) is 56.6 cm³/mol. The number of aromatic nitrogens is 1. The van der Waals surface area contributed by atoms with E-state index in [1.54, 1.807) is 6.20 Å². The summed E-state index contributed by atoms with van der Waals surface area (Å²) in [5.74, 6) is 0. The number of rotatable bonds is 1. The molecule has 0 unspecified atom stereocenters. The van der Waals surface area contributed by atoms with Gasteiger partial charge in [0.1, 0.15) is 0 Å². The minimum Gasteiger partial charge on any atom is -0.298 e. The molecule has 0 atom stereocenters. The Morgan fingerprint density at radius 1 is 1.29 bits per heavy atom. The van der Waals surface area contributed by atoms with E-state index in [4.69, 9.17) is 0 Å². The summed E-state index contributed by atoms with van der Waals surface area (Å²) in [6, 6.07) is 6.07. The minimum absolute atomic E-state index is 0.668. The van der Waals surface area contributed by atoms with Crippen LogP contribution in [-0.2, 0) is 0 Å². The zero-order valence-corrected chi connectivity index (χ0v) is 8.24. The van der Waals surface area contributed by atoms with Gasteiger partial charge < -0.3 is 0 Å². The number of benzene rings is 1. The van der Waals surface area contributed by atoms with Crippen LogP contribution in [0, 0.1) is 13.8 Å². The van der Waals surface area contributed by atoms with Crippen LogP contribution in [0.25, 0.3) is 10.9 Å². The first-order chi connectivity index (χ1) is 6.72. The van der Waals surface area contributed by atoms with Crippen LogP contribution in [-0.4, -0.2) is 11.3 Å². The molecule has 0 bridgehead atoms. The molecule has 0 fully saturated rings. The van der Waals surface area contributed by atoms with E-state index in [1.165, 1.54) is 5.56 Å². The van der Waals surface area contributed by atoms with Gasteiger partial charge in [0.2, 0.25) is 0 Å². The molecule has 0 radical (unpaired) electrons. The highest BCUT2D eigenvalue weighted by Crippen LogP contribution is 2.19. The summed E-state index contributed by atoms with van der Waals surface area (Å²) in [7, 11) is 0. The molecule has 0 spiro atoms. The van der Waals surface area contributed by atoms with Crippen molar-refractivity contribution in [1.82, 2.24) is 4.98 Å². The fraction of sp³-hybridized carbons (Fsp3) is 0.167. The van der Waals surface area contributed by atoms with Crippen molar-refractivity contribution in [2.45, 2.75) is 13.8 Å². The van der Waals surface area contributed by atoms with Crippen LogP contribution in [0.3, 0.4) is 0 Å². The number of fused-ring (bicyclic) bond motifs is 1. The molecule has 2 heteroatoms. The molecule has 2 nitrogen and oxygen atoms in total. The summed E-state index contributed by atoms with van der Waals surface area (Å²) < 4.78 is 0. The quantitative estimate of drug-likeness (QED) is 0.639. The third-order valence-electron chi connectivity index (χ3n) is 2.46. The van der Waals surface area contributed by atoms with Gasteiger partial charge in [0.25, 0.3) is 0 Å². The lowest BCUT2D eigenvalue weighted by molar-refractivity contribution is 0.112. The van der Waals surface area contributed by atoms with Gasteiger partial charge in [0.05, 0.1) is 5.52 Å². The van der Waals surface area contributed by atoms with Gasteiger partial charge >= 0.3 is 0 Å². The lowest BCUT2D eigenvalue weighted by atomic mass is 10.0. The Kier molecular flexibility index (Phi) is 2.04.